The molecule has 0 aliphatic carbocycles. The number of amides is 2. The molecule has 8 heavy (non-hydrogen) atoms. The summed E-state index contributed by atoms with van der Waals surface area (Å²) >= 11 is 0. The average molecular weight is 159 g/mol. The summed E-state index contributed by atoms with van der Waals surface area (Å²) in [6.07, 6.45) is 0. The van der Waals surface area contributed by atoms with Gasteiger partial charge in [-0.1, -0.05) is 0 Å². The summed E-state index contributed by atoms with van der Waals surface area (Å²) in [6.45, 7) is 4.75. The first-order valence-corrected chi connectivity index (χ1v) is 1.01. The molecule has 2 amide bonds. The molecule has 6 heteroatoms. The standard InChI is InChI=1S/CH4N2O.CN.2ClH/c2-1(3)4;1-2;;/h(H4,2,3,4);;2*1H/q;-1;;. The molecule has 50 valence electrons. The quantitative estimate of drug-likeness (QED) is 0.485. The lowest BCUT2D eigenvalue weighted by Crippen LogP contribution is -2.18. The van der Waals surface area contributed by atoms with Crippen molar-refractivity contribution in [2.24, 2.45) is 11.5 Å². The molecule has 0 spiro atoms. The third-order valence-electron chi connectivity index (χ3n) is 0. The molecule has 0 atom stereocenters. The molecule has 0 aromatic heterocycles. The van der Waals surface area contributed by atoms with E-state index in [1.807, 2.05) is 0 Å². The van der Waals surface area contributed by atoms with Crippen molar-refractivity contribution in [3.05, 3.63) is 6.57 Å². The lowest BCUT2D eigenvalue weighted by molar-refractivity contribution is 0.256. The van der Waals surface area contributed by atoms with Crippen LogP contribution in [-0.4, -0.2) is 6.03 Å². The number of hydrogen-bond donors (Lipinski definition) is 2. The lowest BCUT2D eigenvalue weighted by atomic mass is 11.2. The number of nitrogens with zero attached hydrogens (tertiary/aromatic N) is 1. The van der Waals surface area contributed by atoms with Gasteiger partial charge in [-0.25, -0.2) is 4.79 Å². The fourth-order valence-corrected chi connectivity index (χ4v) is 0. The zero-order chi connectivity index (χ0) is 5.58. The highest BCUT2D eigenvalue weighted by Crippen LogP contribution is 1.25. The molecule has 0 unspecified atom stereocenters. The van der Waals surface area contributed by atoms with Crippen LogP contribution in [0.4, 0.5) is 4.79 Å². The lowest BCUT2D eigenvalue weighted by Gasteiger charge is -1.62. The Balaban J connectivity index is -0.0000000183. The van der Waals surface area contributed by atoms with Gasteiger partial charge in [0.2, 0.25) is 0 Å². The highest BCUT2D eigenvalue weighted by atomic mass is 35.5. The normalized spacial score (nSPS) is 3.25. The third-order valence-corrected chi connectivity index (χ3v) is 0. The van der Waals surface area contributed by atoms with Crippen LogP contribution in [0.3, 0.4) is 0 Å². The smallest absolute Gasteiger partial charge is 0.309 e. The Morgan fingerprint density at radius 3 is 1.25 bits per heavy atom. The Kier molecular flexibility index (Phi) is 109. The van der Waals surface area contributed by atoms with Gasteiger partial charge in [0.1, 0.15) is 0 Å². The molecule has 0 aliphatic rings. The van der Waals surface area contributed by atoms with Crippen LogP contribution in [0.15, 0.2) is 0 Å². The van der Waals surface area contributed by atoms with Crippen molar-refractivity contribution in [3.8, 4) is 0 Å². The second-order valence-electron chi connectivity index (χ2n) is 0.402. The van der Waals surface area contributed by atoms with Crippen LogP contribution in [0, 0.1) is 11.8 Å². The van der Waals surface area contributed by atoms with Gasteiger partial charge in [-0.15, -0.1) is 24.8 Å². The van der Waals surface area contributed by atoms with E-state index in [0.29, 0.717) is 0 Å². The second kappa shape index (κ2) is 33.0. The van der Waals surface area contributed by atoms with Crippen molar-refractivity contribution in [2.45, 2.75) is 0 Å². The predicted octanol–water partition coefficient (Wildman–Crippen LogP) is -0.0362. The highest BCUT2D eigenvalue weighted by Gasteiger charge is 1.60. The molecular weight excluding hydrogens is 153 g/mol. The van der Waals surface area contributed by atoms with Crippen LogP contribution in [0.5, 0.6) is 0 Å². The van der Waals surface area contributed by atoms with Gasteiger partial charge in [0.25, 0.3) is 0 Å². The van der Waals surface area contributed by atoms with Crippen LogP contribution in [0.1, 0.15) is 0 Å². The summed E-state index contributed by atoms with van der Waals surface area (Å²) in [5.41, 5.74) is 8.50. The highest BCUT2D eigenvalue weighted by molar-refractivity contribution is 5.85. The molecule has 0 aromatic rings. The summed E-state index contributed by atoms with van der Waals surface area (Å²) in [4.78, 5) is 9.00. The monoisotopic (exact) mass is 158 g/mol. The third kappa shape index (κ3) is 231. The first kappa shape index (κ1) is 26.4. The minimum atomic E-state index is -0.833. The Bertz CT molecular complexity index is 59.5. The molecular formula is C2H6Cl2N3O-. The Labute approximate surface area is 59.7 Å². The number of primary amides is 2. The van der Waals surface area contributed by atoms with E-state index in [2.05, 4.69) is 11.5 Å². The first-order chi connectivity index (χ1) is 2.73. The predicted molar refractivity (Wildman–Crippen MR) is 33.2 cm³/mol. The topological polar surface area (TPSA) is 92.9 Å². The number of carbonyl (C=O) groups is 1. The Morgan fingerprint density at radius 1 is 1.25 bits per heavy atom. The van der Waals surface area contributed by atoms with Crippen molar-refractivity contribution in [1.29, 1.82) is 5.26 Å². The van der Waals surface area contributed by atoms with E-state index in [0.717, 1.165) is 0 Å². The maximum Gasteiger partial charge on any atom is 0.309 e. The van der Waals surface area contributed by atoms with E-state index < -0.39 is 6.03 Å². The largest absolute Gasteiger partial charge is 0.512 e. The summed E-state index contributed by atoms with van der Waals surface area (Å²) < 4.78 is 0. The fraction of sp³-hybridized carbons (Fsp3) is 0. The number of nitrogens with two attached hydrogens (primary N) is 2. The molecule has 0 saturated carbocycles. The van der Waals surface area contributed by atoms with Gasteiger partial charge < -0.3 is 23.3 Å². The maximum atomic E-state index is 9.00. The van der Waals surface area contributed by atoms with E-state index in [1.165, 1.54) is 0 Å². The second-order valence-corrected chi connectivity index (χ2v) is 0.402. The van der Waals surface area contributed by atoms with Crippen molar-refractivity contribution in [2.75, 3.05) is 0 Å². The van der Waals surface area contributed by atoms with Crippen LogP contribution < -0.4 is 11.5 Å². The van der Waals surface area contributed by atoms with Crippen molar-refractivity contribution < 1.29 is 4.79 Å². The minimum absolute atomic E-state index is 0. The van der Waals surface area contributed by atoms with Crippen LogP contribution >= 0.6 is 24.8 Å². The Hall–Kier alpha value is -0.660. The first-order valence-electron chi connectivity index (χ1n) is 1.01. The number of rotatable bonds is 0. The molecule has 0 saturated heterocycles. The van der Waals surface area contributed by atoms with Gasteiger partial charge in [-0.05, 0) is 0 Å². The molecule has 0 radical (unpaired) electrons. The molecule has 0 heterocycles. The van der Waals surface area contributed by atoms with Gasteiger partial charge in [-0.3, -0.25) is 0 Å². The minimum Gasteiger partial charge on any atom is -0.512 e. The number of carbonyl (C=O) groups excluding carboxylic acids is 1. The fourth-order valence-electron chi connectivity index (χ4n) is 0. The zero-order valence-electron chi connectivity index (χ0n) is 3.83. The van der Waals surface area contributed by atoms with Crippen molar-refractivity contribution >= 4 is 30.8 Å². The van der Waals surface area contributed by atoms with Gasteiger partial charge >= 0.3 is 6.03 Å². The molecule has 0 rings (SSSR count). The molecule has 0 aliphatic heterocycles. The van der Waals surface area contributed by atoms with E-state index in [1.54, 1.807) is 0 Å². The van der Waals surface area contributed by atoms with Crippen LogP contribution in [0.25, 0.3) is 0 Å². The molecule has 0 aromatic carbocycles. The van der Waals surface area contributed by atoms with Gasteiger partial charge in [-0.2, -0.15) is 0 Å². The van der Waals surface area contributed by atoms with Crippen molar-refractivity contribution in [3.63, 3.8) is 0 Å². The van der Waals surface area contributed by atoms with Gasteiger partial charge in [0.15, 0.2) is 0 Å². The summed E-state index contributed by atoms with van der Waals surface area (Å²) in [6, 6.07) is -0.833. The summed E-state index contributed by atoms with van der Waals surface area (Å²) in [5.74, 6) is 0. The number of urea groups is 1. The Morgan fingerprint density at radius 2 is 1.25 bits per heavy atom. The molecule has 0 bridgehead atoms. The SMILES string of the molecule is Cl.Cl.NC(N)=O.[C-]#N. The van der Waals surface area contributed by atoms with Crippen LogP contribution in [-0.2, 0) is 0 Å². The van der Waals surface area contributed by atoms with Gasteiger partial charge in [0.05, 0.1) is 0 Å². The molecule has 4 N–H and O–H groups in total. The maximum absolute atomic E-state index is 9.00. The van der Waals surface area contributed by atoms with E-state index in [-0.39, 0.29) is 24.8 Å². The molecule has 4 nitrogen and oxygen atoms in total. The molecule has 0 fully saturated rings. The number of halogens is 2. The van der Waals surface area contributed by atoms with E-state index >= 15 is 0 Å². The van der Waals surface area contributed by atoms with E-state index in [4.69, 9.17) is 16.6 Å². The summed E-state index contributed by atoms with van der Waals surface area (Å²) in [7, 11) is 0. The zero-order valence-corrected chi connectivity index (χ0v) is 5.46. The average Bonchev–Trinajstić information content (AvgIpc) is 1.41. The van der Waals surface area contributed by atoms with Crippen LogP contribution in [0.2, 0.25) is 0 Å². The van der Waals surface area contributed by atoms with Gasteiger partial charge in [0, 0.05) is 0 Å². The number of hydrogen-bond acceptors (Lipinski definition) is 2. The van der Waals surface area contributed by atoms with Crippen molar-refractivity contribution in [1.82, 2.24) is 0 Å². The summed E-state index contributed by atoms with van der Waals surface area (Å²) in [5, 5.41) is 6.25. The van der Waals surface area contributed by atoms with E-state index in [9.17, 15) is 0 Å².